The molecule has 0 aliphatic rings. The van der Waals surface area contributed by atoms with Gasteiger partial charge in [-0.25, -0.2) is 4.79 Å². The number of nitrogens with two attached hydrogens (primary N) is 1. The Bertz CT molecular complexity index is 694. The van der Waals surface area contributed by atoms with Crippen molar-refractivity contribution in [1.29, 1.82) is 0 Å². The Morgan fingerprint density at radius 1 is 1.41 bits per heavy atom. The van der Waals surface area contributed by atoms with E-state index >= 15 is 0 Å². The van der Waals surface area contributed by atoms with Crippen LogP contribution < -0.4 is 11.1 Å². The van der Waals surface area contributed by atoms with Crippen LogP contribution in [0.4, 0.5) is 11.5 Å². The smallest absolute Gasteiger partial charge is 0.344 e. The number of esters is 1. The van der Waals surface area contributed by atoms with E-state index in [9.17, 15) is 9.59 Å². The van der Waals surface area contributed by atoms with Gasteiger partial charge in [0.2, 0.25) is 0 Å². The summed E-state index contributed by atoms with van der Waals surface area (Å²) >= 11 is 0. The molecular weight excluding hydrogens is 284 g/mol. The Balaban J connectivity index is 1.90. The number of nitrogens with zero attached hydrogens (tertiary/aromatic N) is 2. The summed E-state index contributed by atoms with van der Waals surface area (Å²) in [6.07, 6.45) is 2.18. The van der Waals surface area contributed by atoms with Gasteiger partial charge >= 0.3 is 5.97 Å². The number of rotatable bonds is 5. The highest BCUT2D eigenvalue weighted by molar-refractivity contribution is 5.97. The lowest BCUT2D eigenvalue weighted by molar-refractivity contribution is -0.119. The average molecular weight is 302 g/mol. The SMILES string of the molecule is CCc1cccc(NC(=O)COC(=O)c2cnn(C)c2N)c1. The molecule has 0 saturated heterocycles. The minimum Gasteiger partial charge on any atom is -0.452 e. The molecule has 116 valence electrons. The first-order valence-electron chi connectivity index (χ1n) is 6.84. The van der Waals surface area contributed by atoms with Crippen molar-refractivity contribution in [3.8, 4) is 0 Å². The van der Waals surface area contributed by atoms with E-state index in [-0.39, 0.29) is 18.0 Å². The summed E-state index contributed by atoms with van der Waals surface area (Å²) in [7, 11) is 1.61. The summed E-state index contributed by atoms with van der Waals surface area (Å²) in [5.74, 6) is -0.895. The number of aromatic nitrogens is 2. The summed E-state index contributed by atoms with van der Waals surface area (Å²) in [5, 5.41) is 6.52. The lowest BCUT2D eigenvalue weighted by Gasteiger charge is -2.07. The van der Waals surface area contributed by atoms with Gasteiger partial charge in [0.25, 0.3) is 5.91 Å². The molecule has 7 heteroatoms. The third-order valence-corrected chi connectivity index (χ3v) is 3.16. The number of carbonyl (C=O) groups excluding carboxylic acids is 2. The van der Waals surface area contributed by atoms with Gasteiger partial charge in [-0.05, 0) is 24.1 Å². The highest BCUT2D eigenvalue weighted by atomic mass is 16.5. The van der Waals surface area contributed by atoms with Crippen LogP contribution in [0.3, 0.4) is 0 Å². The van der Waals surface area contributed by atoms with Crippen LogP contribution in [0.1, 0.15) is 22.8 Å². The van der Waals surface area contributed by atoms with Crippen molar-refractivity contribution in [1.82, 2.24) is 9.78 Å². The number of hydrogen-bond donors (Lipinski definition) is 2. The molecule has 1 heterocycles. The molecule has 2 rings (SSSR count). The summed E-state index contributed by atoms with van der Waals surface area (Å²) in [6, 6.07) is 7.48. The molecule has 0 unspecified atom stereocenters. The minimum atomic E-state index is -0.678. The van der Waals surface area contributed by atoms with Crippen LogP contribution >= 0.6 is 0 Å². The number of nitrogen functional groups attached to an aromatic ring is 1. The van der Waals surface area contributed by atoms with Gasteiger partial charge in [0.05, 0.1) is 6.20 Å². The molecule has 0 aliphatic heterocycles. The van der Waals surface area contributed by atoms with Crippen LogP contribution in [0.5, 0.6) is 0 Å². The molecule has 0 radical (unpaired) electrons. The van der Waals surface area contributed by atoms with Crippen LogP contribution in [-0.2, 0) is 23.0 Å². The maximum Gasteiger partial charge on any atom is 0.344 e. The normalized spacial score (nSPS) is 10.3. The Morgan fingerprint density at radius 3 is 2.82 bits per heavy atom. The number of aryl methyl sites for hydroxylation is 2. The minimum absolute atomic E-state index is 0.142. The maximum absolute atomic E-state index is 11.8. The molecule has 1 amide bonds. The van der Waals surface area contributed by atoms with Gasteiger partial charge in [0.1, 0.15) is 11.4 Å². The van der Waals surface area contributed by atoms with Gasteiger partial charge in [-0.2, -0.15) is 5.10 Å². The standard InChI is InChI=1S/C15H18N4O3/c1-3-10-5-4-6-11(7-10)18-13(20)9-22-15(21)12-8-17-19(2)14(12)16/h4-8H,3,9,16H2,1-2H3,(H,18,20). The lowest BCUT2D eigenvalue weighted by atomic mass is 10.1. The first kappa shape index (κ1) is 15.6. The van der Waals surface area contributed by atoms with Crippen molar-refractivity contribution in [2.45, 2.75) is 13.3 Å². The third-order valence-electron chi connectivity index (χ3n) is 3.16. The first-order chi connectivity index (χ1) is 10.5. The number of hydrogen-bond acceptors (Lipinski definition) is 5. The van der Waals surface area contributed by atoms with E-state index in [0.29, 0.717) is 5.69 Å². The predicted molar refractivity (Wildman–Crippen MR) is 82.4 cm³/mol. The van der Waals surface area contributed by atoms with Gasteiger partial charge in [-0.3, -0.25) is 9.48 Å². The van der Waals surface area contributed by atoms with E-state index in [0.717, 1.165) is 12.0 Å². The Morgan fingerprint density at radius 2 is 2.18 bits per heavy atom. The zero-order chi connectivity index (χ0) is 16.1. The van der Waals surface area contributed by atoms with Crippen LogP contribution in [-0.4, -0.2) is 28.3 Å². The predicted octanol–water partition coefficient (Wildman–Crippen LogP) is 1.36. The number of nitrogens with one attached hydrogen (secondary N) is 1. The van der Waals surface area contributed by atoms with Crippen molar-refractivity contribution in [2.75, 3.05) is 17.7 Å². The molecule has 0 atom stereocenters. The van der Waals surface area contributed by atoms with Gasteiger partial charge in [0, 0.05) is 12.7 Å². The second-order valence-corrected chi connectivity index (χ2v) is 4.75. The lowest BCUT2D eigenvalue weighted by Crippen LogP contribution is -2.21. The fourth-order valence-corrected chi connectivity index (χ4v) is 1.88. The number of ether oxygens (including phenoxy) is 1. The molecule has 0 bridgehead atoms. The summed E-state index contributed by atoms with van der Waals surface area (Å²) in [5.41, 5.74) is 7.58. The molecule has 2 aromatic rings. The largest absolute Gasteiger partial charge is 0.452 e. The maximum atomic E-state index is 11.8. The molecule has 1 aromatic heterocycles. The molecule has 7 nitrogen and oxygen atoms in total. The molecule has 1 aromatic carbocycles. The van der Waals surface area contributed by atoms with E-state index in [1.54, 1.807) is 13.1 Å². The number of carbonyl (C=O) groups is 2. The zero-order valence-electron chi connectivity index (χ0n) is 12.5. The van der Waals surface area contributed by atoms with Crippen molar-refractivity contribution in [2.24, 2.45) is 7.05 Å². The van der Waals surface area contributed by atoms with Gasteiger partial charge in [-0.15, -0.1) is 0 Å². The van der Waals surface area contributed by atoms with Crippen LogP contribution in [0, 0.1) is 0 Å². The highest BCUT2D eigenvalue weighted by Gasteiger charge is 2.16. The highest BCUT2D eigenvalue weighted by Crippen LogP contribution is 2.12. The number of benzene rings is 1. The number of amides is 1. The third kappa shape index (κ3) is 3.63. The molecule has 0 aliphatic carbocycles. The quantitative estimate of drug-likeness (QED) is 0.812. The topological polar surface area (TPSA) is 99.2 Å². The Kier molecular flexibility index (Phi) is 4.77. The fourth-order valence-electron chi connectivity index (χ4n) is 1.88. The van der Waals surface area contributed by atoms with Gasteiger partial charge in [-0.1, -0.05) is 19.1 Å². The summed E-state index contributed by atoms with van der Waals surface area (Å²) in [4.78, 5) is 23.6. The average Bonchev–Trinajstić information content (AvgIpc) is 2.85. The number of anilines is 2. The summed E-state index contributed by atoms with van der Waals surface area (Å²) in [6.45, 7) is 1.64. The molecule has 22 heavy (non-hydrogen) atoms. The molecule has 0 spiro atoms. The first-order valence-corrected chi connectivity index (χ1v) is 6.84. The molecular formula is C15H18N4O3. The molecule has 0 fully saturated rings. The van der Waals surface area contributed by atoms with Crippen molar-refractivity contribution >= 4 is 23.4 Å². The fraction of sp³-hybridized carbons (Fsp3) is 0.267. The van der Waals surface area contributed by atoms with E-state index in [1.807, 2.05) is 25.1 Å². The Hall–Kier alpha value is -2.83. The zero-order valence-corrected chi connectivity index (χ0v) is 12.5. The summed E-state index contributed by atoms with van der Waals surface area (Å²) < 4.78 is 6.28. The van der Waals surface area contributed by atoms with E-state index in [2.05, 4.69) is 10.4 Å². The van der Waals surface area contributed by atoms with Crippen molar-refractivity contribution < 1.29 is 14.3 Å². The monoisotopic (exact) mass is 302 g/mol. The van der Waals surface area contributed by atoms with E-state index in [4.69, 9.17) is 10.5 Å². The van der Waals surface area contributed by atoms with Crippen LogP contribution in [0.25, 0.3) is 0 Å². The van der Waals surface area contributed by atoms with Gasteiger partial charge < -0.3 is 15.8 Å². The molecule has 3 N–H and O–H groups in total. The van der Waals surface area contributed by atoms with Crippen LogP contribution in [0.15, 0.2) is 30.5 Å². The van der Waals surface area contributed by atoms with E-state index in [1.165, 1.54) is 10.9 Å². The van der Waals surface area contributed by atoms with Crippen LogP contribution in [0.2, 0.25) is 0 Å². The molecule has 0 saturated carbocycles. The van der Waals surface area contributed by atoms with Crippen molar-refractivity contribution in [3.05, 3.63) is 41.6 Å². The second-order valence-electron chi connectivity index (χ2n) is 4.75. The second kappa shape index (κ2) is 6.75. The van der Waals surface area contributed by atoms with Gasteiger partial charge in [0.15, 0.2) is 6.61 Å². The van der Waals surface area contributed by atoms with E-state index < -0.39 is 11.9 Å². The van der Waals surface area contributed by atoms with Crippen molar-refractivity contribution in [3.63, 3.8) is 0 Å². The Labute approximate surface area is 128 Å².